The van der Waals surface area contributed by atoms with Gasteiger partial charge in [0.05, 0.1) is 23.3 Å². The Balaban J connectivity index is 1.76. The van der Waals surface area contributed by atoms with Crippen LogP contribution in [-0.2, 0) is 10.2 Å². The summed E-state index contributed by atoms with van der Waals surface area (Å²) in [5.74, 6) is 0. The van der Waals surface area contributed by atoms with Crippen LogP contribution in [-0.4, -0.2) is 50.8 Å². The maximum absolute atomic E-state index is 6.26. The largest absolute Gasteiger partial charge is 0.379 e. The second-order valence-corrected chi connectivity index (χ2v) is 7.21. The molecule has 1 aromatic rings. The average Bonchev–Trinajstić information content (AvgIpc) is 2.57. The lowest BCUT2D eigenvalue weighted by Gasteiger charge is -2.40. The number of piperidine rings is 1. The van der Waals surface area contributed by atoms with Crippen LogP contribution in [0.3, 0.4) is 0 Å². The van der Waals surface area contributed by atoms with Crippen LogP contribution in [0.15, 0.2) is 18.2 Å². The van der Waals surface area contributed by atoms with Gasteiger partial charge in [-0.15, -0.1) is 0 Å². The summed E-state index contributed by atoms with van der Waals surface area (Å²) in [6, 6.07) is 6.15. The minimum Gasteiger partial charge on any atom is -0.379 e. The van der Waals surface area contributed by atoms with Crippen molar-refractivity contribution in [3.05, 3.63) is 33.8 Å². The highest BCUT2D eigenvalue weighted by Gasteiger charge is 2.34. The maximum atomic E-state index is 6.26. The number of halogens is 2. The number of hydrogen-bond acceptors (Lipinski definition) is 3. The Kier molecular flexibility index (Phi) is 5.64. The van der Waals surface area contributed by atoms with E-state index in [9.17, 15) is 0 Å². The molecular weight excluding hydrogens is 319 g/mol. The predicted molar refractivity (Wildman–Crippen MR) is 92.1 cm³/mol. The molecule has 0 aliphatic carbocycles. The Morgan fingerprint density at radius 2 is 2.00 bits per heavy atom. The van der Waals surface area contributed by atoms with Gasteiger partial charge in [-0.1, -0.05) is 29.3 Å². The van der Waals surface area contributed by atoms with Gasteiger partial charge in [0.2, 0.25) is 0 Å². The number of rotatable bonds is 4. The van der Waals surface area contributed by atoms with Gasteiger partial charge in [0.25, 0.3) is 0 Å². The molecule has 5 heteroatoms. The van der Waals surface area contributed by atoms with E-state index in [1.54, 1.807) is 0 Å². The summed E-state index contributed by atoms with van der Waals surface area (Å²) in [6.45, 7) is 7.06. The molecule has 3 nitrogen and oxygen atoms in total. The molecule has 2 heterocycles. The van der Waals surface area contributed by atoms with Gasteiger partial charge in [0.15, 0.2) is 0 Å². The second-order valence-electron chi connectivity index (χ2n) is 6.39. The SMILES string of the molecule is Clc1ccc(C2(CCN3CCOCC3)CCCNC2)cc1Cl. The number of ether oxygens (including phenoxy) is 1. The van der Waals surface area contributed by atoms with Crippen LogP contribution in [0.5, 0.6) is 0 Å². The van der Waals surface area contributed by atoms with E-state index in [-0.39, 0.29) is 5.41 Å². The first kappa shape index (κ1) is 16.5. The lowest BCUT2D eigenvalue weighted by molar-refractivity contribution is 0.0334. The normalized spacial score (nSPS) is 27.0. The van der Waals surface area contributed by atoms with Gasteiger partial charge in [0.1, 0.15) is 0 Å². The average molecular weight is 343 g/mol. The predicted octanol–water partition coefficient (Wildman–Crippen LogP) is 3.34. The Bertz CT molecular complexity index is 497. The first-order valence-corrected chi connectivity index (χ1v) is 8.92. The van der Waals surface area contributed by atoms with E-state index in [0.717, 1.165) is 52.4 Å². The molecule has 0 bridgehead atoms. The van der Waals surface area contributed by atoms with Crippen LogP contribution in [0.2, 0.25) is 10.0 Å². The van der Waals surface area contributed by atoms with E-state index in [1.165, 1.54) is 18.4 Å². The fraction of sp³-hybridized carbons (Fsp3) is 0.647. The van der Waals surface area contributed by atoms with Crippen LogP contribution in [0.1, 0.15) is 24.8 Å². The minimum atomic E-state index is 0.171. The summed E-state index contributed by atoms with van der Waals surface area (Å²) < 4.78 is 5.44. The van der Waals surface area contributed by atoms with Crippen molar-refractivity contribution in [2.75, 3.05) is 45.9 Å². The van der Waals surface area contributed by atoms with Crippen molar-refractivity contribution in [1.29, 1.82) is 0 Å². The van der Waals surface area contributed by atoms with Crippen molar-refractivity contribution >= 4 is 23.2 Å². The first-order valence-electron chi connectivity index (χ1n) is 8.16. The van der Waals surface area contributed by atoms with Crippen molar-refractivity contribution in [2.45, 2.75) is 24.7 Å². The molecule has 1 unspecified atom stereocenters. The fourth-order valence-corrected chi connectivity index (χ4v) is 3.89. The van der Waals surface area contributed by atoms with Crippen LogP contribution in [0.25, 0.3) is 0 Å². The third-order valence-electron chi connectivity index (χ3n) is 5.01. The molecule has 2 aliphatic rings. The van der Waals surface area contributed by atoms with E-state index in [2.05, 4.69) is 22.3 Å². The molecular formula is C17H24Cl2N2O. The summed E-state index contributed by atoms with van der Waals surface area (Å²) >= 11 is 12.4. The molecule has 0 aromatic heterocycles. The van der Waals surface area contributed by atoms with Crippen molar-refractivity contribution in [1.82, 2.24) is 10.2 Å². The number of nitrogens with zero attached hydrogens (tertiary/aromatic N) is 1. The molecule has 122 valence electrons. The summed E-state index contributed by atoms with van der Waals surface area (Å²) in [4.78, 5) is 2.51. The zero-order valence-corrected chi connectivity index (χ0v) is 14.4. The van der Waals surface area contributed by atoms with Crippen LogP contribution in [0.4, 0.5) is 0 Å². The molecule has 2 fully saturated rings. The highest BCUT2D eigenvalue weighted by molar-refractivity contribution is 6.42. The quantitative estimate of drug-likeness (QED) is 0.908. The van der Waals surface area contributed by atoms with Gasteiger partial charge in [-0.2, -0.15) is 0 Å². The number of nitrogens with one attached hydrogen (secondary N) is 1. The Morgan fingerprint density at radius 1 is 1.18 bits per heavy atom. The van der Waals surface area contributed by atoms with Gasteiger partial charge >= 0.3 is 0 Å². The minimum absolute atomic E-state index is 0.171. The van der Waals surface area contributed by atoms with E-state index >= 15 is 0 Å². The third-order valence-corrected chi connectivity index (χ3v) is 5.75. The second kappa shape index (κ2) is 7.50. The standard InChI is InChI=1S/C17H24Cl2N2O/c18-15-3-2-14(12-16(15)19)17(4-1-6-20-13-17)5-7-21-8-10-22-11-9-21/h2-3,12,20H,1,4-11,13H2. The molecule has 2 saturated heterocycles. The molecule has 3 rings (SSSR count). The van der Waals surface area contributed by atoms with E-state index in [4.69, 9.17) is 27.9 Å². The number of morpholine rings is 1. The molecule has 2 aliphatic heterocycles. The lowest BCUT2D eigenvalue weighted by Crippen LogP contribution is -2.46. The van der Waals surface area contributed by atoms with Crippen molar-refractivity contribution < 1.29 is 4.74 Å². The van der Waals surface area contributed by atoms with Crippen molar-refractivity contribution in [3.8, 4) is 0 Å². The molecule has 0 saturated carbocycles. The Morgan fingerprint density at radius 3 is 2.68 bits per heavy atom. The summed E-state index contributed by atoms with van der Waals surface area (Å²) in [7, 11) is 0. The number of hydrogen-bond donors (Lipinski definition) is 1. The van der Waals surface area contributed by atoms with Crippen molar-refractivity contribution in [3.63, 3.8) is 0 Å². The topological polar surface area (TPSA) is 24.5 Å². The summed E-state index contributed by atoms with van der Waals surface area (Å²) in [5.41, 5.74) is 1.49. The maximum Gasteiger partial charge on any atom is 0.0595 e. The molecule has 1 aromatic carbocycles. The van der Waals surface area contributed by atoms with Gasteiger partial charge in [-0.05, 0) is 50.0 Å². The lowest BCUT2D eigenvalue weighted by atomic mass is 9.72. The van der Waals surface area contributed by atoms with E-state index in [1.807, 2.05) is 6.07 Å². The third kappa shape index (κ3) is 3.77. The van der Waals surface area contributed by atoms with Gasteiger partial charge in [-0.3, -0.25) is 4.90 Å². The molecule has 0 spiro atoms. The first-order chi connectivity index (χ1) is 10.7. The fourth-order valence-electron chi connectivity index (χ4n) is 3.59. The van der Waals surface area contributed by atoms with Gasteiger partial charge < -0.3 is 10.1 Å². The zero-order chi connectivity index (χ0) is 15.4. The van der Waals surface area contributed by atoms with E-state index < -0.39 is 0 Å². The van der Waals surface area contributed by atoms with Gasteiger partial charge in [-0.25, -0.2) is 0 Å². The summed E-state index contributed by atoms with van der Waals surface area (Å²) in [5, 5.41) is 4.88. The smallest absolute Gasteiger partial charge is 0.0595 e. The molecule has 1 atom stereocenters. The van der Waals surface area contributed by atoms with Crippen LogP contribution >= 0.6 is 23.2 Å². The molecule has 1 N–H and O–H groups in total. The highest BCUT2D eigenvalue weighted by atomic mass is 35.5. The van der Waals surface area contributed by atoms with Crippen LogP contribution < -0.4 is 5.32 Å². The van der Waals surface area contributed by atoms with Crippen LogP contribution in [0, 0.1) is 0 Å². The Labute approximate surface area is 142 Å². The van der Waals surface area contributed by atoms with E-state index in [0.29, 0.717) is 10.0 Å². The summed E-state index contributed by atoms with van der Waals surface area (Å²) in [6.07, 6.45) is 3.57. The molecule has 0 radical (unpaired) electrons. The zero-order valence-electron chi connectivity index (χ0n) is 12.9. The number of benzene rings is 1. The van der Waals surface area contributed by atoms with Crippen molar-refractivity contribution in [2.24, 2.45) is 0 Å². The Hall–Kier alpha value is -0.320. The highest BCUT2D eigenvalue weighted by Crippen LogP contribution is 2.37. The van der Waals surface area contributed by atoms with Gasteiger partial charge in [0, 0.05) is 25.0 Å². The molecule has 0 amide bonds. The monoisotopic (exact) mass is 342 g/mol. The molecule has 22 heavy (non-hydrogen) atoms.